The van der Waals surface area contributed by atoms with Crippen molar-refractivity contribution in [3.8, 4) is 5.75 Å². The standard InChI is InChI=1S/C30H30ClN3O3/c1-33(19-21-7-3-2-4-8-21)29(35)18-23-20-34(16-15-28(23)37-25-13-11-24(31)12-14-25)30(36)27-17-22-9-5-6-10-26(22)32-27/h2-14,17,23,28,32H,15-16,18-20H2,1H3/t23-,28-/m0/s1. The first-order valence-corrected chi connectivity index (χ1v) is 12.9. The molecular weight excluding hydrogens is 486 g/mol. The van der Waals surface area contributed by atoms with Crippen molar-refractivity contribution in [1.82, 2.24) is 14.8 Å². The minimum atomic E-state index is -0.193. The number of H-pyrrole nitrogens is 1. The lowest BCUT2D eigenvalue weighted by Crippen LogP contribution is -2.49. The summed E-state index contributed by atoms with van der Waals surface area (Å²) in [6.45, 7) is 1.53. The number of amides is 2. The number of nitrogens with one attached hydrogen (secondary N) is 1. The molecule has 5 rings (SSSR count). The van der Waals surface area contributed by atoms with Crippen molar-refractivity contribution in [3.63, 3.8) is 0 Å². The predicted octanol–water partition coefficient (Wildman–Crippen LogP) is 5.78. The van der Waals surface area contributed by atoms with E-state index in [9.17, 15) is 9.59 Å². The summed E-state index contributed by atoms with van der Waals surface area (Å²) in [5, 5.41) is 1.64. The first-order valence-electron chi connectivity index (χ1n) is 12.5. The lowest BCUT2D eigenvalue weighted by molar-refractivity contribution is -0.132. The maximum Gasteiger partial charge on any atom is 0.270 e. The second-order valence-electron chi connectivity index (χ2n) is 9.62. The van der Waals surface area contributed by atoms with Crippen molar-refractivity contribution >= 4 is 34.3 Å². The van der Waals surface area contributed by atoms with Crippen LogP contribution in [0.1, 0.15) is 28.9 Å². The van der Waals surface area contributed by atoms with Crippen LogP contribution in [0.15, 0.2) is 84.9 Å². The zero-order chi connectivity index (χ0) is 25.8. The van der Waals surface area contributed by atoms with Crippen LogP contribution < -0.4 is 4.74 Å². The van der Waals surface area contributed by atoms with Crippen LogP contribution in [-0.4, -0.2) is 52.8 Å². The van der Waals surface area contributed by atoms with Gasteiger partial charge >= 0.3 is 0 Å². The first kappa shape index (κ1) is 24.9. The van der Waals surface area contributed by atoms with E-state index in [0.29, 0.717) is 42.5 Å². The van der Waals surface area contributed by atoms with E-state index < -0.39 is 0 Å². The molecule has 1 aromatic heterocycles. The molecule has 1 saturated heterocycles. The molecule has 1 aliphatic rings. The molecule has 190 valence electrons. The summed E-state index contributed by atoms with van der Waals surface area (Å²) in [5.74, 6) is 0.526. The fourth-order valence-corrected chi connectivity index (χ4v) is 5.04. The number of piperidine rings is 1. The second kappa shape index (κ2) is 11.1. The van der Waals surface area contributed by atoms with Crippen LogP contribution in [0.3, 0.4) is 0 Å². The van der Waals surface area contributed by atoms with Gasteiger partial charge in [0.15, 0.2) is 0 Å². The summed E-state index contributed by atoms with van der Waals surface area (Å²) in [6, 6.07) is 26.9. The molecule has 0 saturated carbocycles. The molecule has 0 bridgehead atoms. The van der Waals surface area contributed by atoms with Crippen molar-refractivity contribution in [2.24, 2.45) is 5.92 Å². The summed E-state index contributed by atoms with van der Waals surface area (Å²) < 4.78 is 6.33. The molecule has 1 N–H and O–H groups in total. The lowest BCUT2D eigenvalue weighted by atomic mass is 9.90. The molecule has 0 spiro atoms. The number of para-hydroxylation sites is 1. The number of rotatable bonds is 7. The summed E-state index contributed by atoms with van der Waals surface area (Å²) in [7, 11) is 1.82. The van der Waals surface area contributed by atoms with Gasteiger partial charge in [0, 0.05) is 61.4 Å². The molecule has 0 aliphatic carbocycles. The topological polar surface area (TPSA) is 65.6 Å². The molecular formula is C30H30ClN3O3. The fraction of sp³-hybridized carbons (Fsp3) is 0.267. The predicted molar refractivity (Wildman–Crippen MR) is 146 cm³/mol. The molecule has 1 aliphatic heterocycles. The molecule has 2 amide bonds. The SMILES string of the molecule is CN(Cc1ccccc1)C(=O)C[C@H]1CN(C(=O)c2cc3ccccc3[nH]2)CC[C@@H]1Oc1ccc(Cl)cc1. The molecule has 0 unspecified atom stereocenters. The number of benzene rings is 3. The van der Waals surface area contributed by atoms with Crippen LogP contribution >= 0.6 is 11.6 Å². The van der Waals surface area contributed by atoms with Gasteiger partial charge in [0.1, 0.15) is 17.5 Å². The van der Waals surface area contributed by atoms with Crippen LogP contribution in [0.2, 0.25) is 5.02 Å². The van der Waals surface area contributed by atoms with E-state index in [4.69, 9.17) is 16.3 Å². The Morgan fingerprint density at radius 1 is 1.03 bits per heavy atom. The molecule has 4 aromatic rings. The van der Waals surface area contributed by atoms with Gasteiger partial charge in [0.05, 0.1) is 0 Å². The molecule has 0 radical (unpaired) electrons. The number of aromatic nitrogens is 1. The zero-order valence-electron chi connectivity index (χ0n) is 20.8. The Balaban J connectivity index is 1.32. The highest BCUT2D eigenvalue weighted by Crippen LogP contribution is 2.28. The highest BCUT2D eigenvalue weighted by Gasteiger charge is 2.35. The Morgan fingerprint density at radius 2 is 1.76 bits per heavy atom. The molecule has 2 atom stereocenters. The zero-order valence-corrected chi connectivity index (χ0v) is 21.5. The Bertz CT molecular complexity index is 1340. The van der Waals surface area contributed by atoms with Crippen molar-refractivity contribution in [1.29, 1.82) is 0 Å². The van der Waals surface area contributed by atoms with Gasteiger partial charge < -0.3 is 19.5 Å². The Hall–Kier alpha value is -3.77. The molecule has 1 fully saturated rings. The summed E-state index contributed by atoms with van der Waals surface area (Å²) in [5.41, 5.74) is 2.57. The average Bonchev–Trinajstić information content (AvgIpc) is 3.35. The minimum absolute atomic E-state index is 0.0264. The van der Waals surface area contributed by atoms with E-state index in [0.717, 1.165) is 16.5 Å². The number of carbonyl (C=O) groups excluding carboxylic acids is 2. The Labute approximate surface area is 221 Å². The number of likely N-dealkylation sites (tertiary alicyclic amines) is 1. The highest BCUT2D eigenvalue weighted by atomic mass is 35.5. The van der Waals surface area contributed by atoms with Crippen molar-refractivity contribution in [2.75, 3.05) is 20.1 Å². The number of fused-ring (bicyclic) bond motifs is 1. The van der Waals surface area contributed by atoms with Crippen molar-refractivity contribution in [2.45, 2.75) is 25.5 Å². The number of hydrogen-bond donors (Lipinski definition) is 1. The van der Waals surface area contributed by atoms with Gasteiger partial charge in [-0.05, 0) is 42.0 Å². The fourth-order valence-electron chi connectivity index (χ4n) is 4.92. The Kier molecular flexibility index (Phi) is 7.47. The minimum Gasteiger partial charge on any atom is -0.490 e. The van der Waals surface area contributed by atoms with Gasteiger partial charge in [-0.1, -0.05) is 60.1 Å². The van der Waals surface area contributed by atoms with Crippen LogP contribution in [0, 0.1) is 5.92 Å². The van der Waals surface area contributed by atoms with Crippen LogP contribution in [0.25, 0.3) is 10.9 Å². The van der Waals surface area contributed by atoms with Gasteiger partial charge in [0.25, 0.3) is 5.91 Å². The van der Waals surface area contributed by atoms with Gasteiger partial charge in [-0.25, -0.2) is 0 Å². The number of ether oxygens (including phenoxy) is 1. The maximum atomic E-state index is 13.4. The van der Waals surface area contributed by atoms with Gasteiger partial charge in [0.2, 0.25) is 5.91 Å². The van der Waals surface area contributed by atoms with E-state index in [1.165, 1.54) is 0 Å². The van der Waals surface area contributed by atoms with Crippen molar-refractivity contribution in [3.05, 3.63) is 101 Å². The summed E-state index contributed by atoms with van der Waals surface area (Å²) >= 11 is 6.04. The molecule has 6 nitrogen and oxygen atoms in total. The molecule has 2 heterocycles. The van der Waals surface area contributed by atoms with Gasteiger partial charge in [-0.2, -0.15) is 0 Å². The summed E-state index contributed by atoms with van der Waals surface area (Å²) in [6.07, 6.45) is 0.731. The van der Waals surface area contributed by atoms with E-state index in [2.05, 4.69) is 4.98 Å². The second-order valence-corrected chi connectivity index (χ2v) is 10.1. The largest absolute Gasteiger partial charge is 0.490 e. The first-order chi connectivity index (χ1) is 18.0. The third-order valence-corrected chi connectivity index (χ3v) is 7.19. The van der Waals surface area contributed by atoms with Crippen LogP contribution in [0.4, 0.5) is 0 Å². The van der Waals surface area contributed by atoms with Crippen LogP contribution in [0.5, 0.6) is 5.75 Å². The van der Waals surface area contributed by atoms with E-state index in [1.807, 2.05) is 84.7 Å². The number of carbonyl (C=O) groups is 2. The number of nitrogens with zero attached hydrogens (tertiary/aromatic N) is 2. The number of aromatic amines is 1. The Morgan fingerprint density at radius 3 is 2.51 bits per heavy atom. The normalized spacial score (nSPS) is 17.5. The van der Waals surface area contributed by atoms with E-state index in [1.54, 1.807) is 17.0 Å². The van der Waals surface area contributed by atoms with Crippen LogP contribution in [-0.2, 0) is 11.3 Å². The van der Waals surface area contributed by atoms with E-state index in [-0.39, 0.29) is 30.3 Å². The molecule has 37 heavy (non-hydrogen) atoms. The van der Waals surface area contributed by atoms with Crippen molar-refractivity contribution < 1.29 is 14.3 Å². The lowest BCUT2D eigenvalue weighted by Gasteiger charge is -2.38. The van der Waals surface area contributed by atoms with E-state index >= 15 is 0 Å². The third-order valence-electron chi connectivity index (χ3n) is 6.94. The average molecular weight is 516 g/mol. The van der Waals surface area contributed by atoms with Gasteiger partial charge in [-0.15, -0.1) is 0 Å². The smallest absolute Gasteiger partial charge is 0.270 e. The maximum absolute atomic E-state index is 13.4. The third kappa shape index (κ3) is 5.97. The van der Waals surface area contributed by atoms with Gasteiger partial charge in [-0.3, -0.25) is 9.59 Å². The number of halogens is 1. The molecule has 7 heteroatoms. The quantitative estimate of drug-likeness (QED) is 0.339. The highest BCUT2D eigenvalue weighted by molar-refractivity contribution is 6.30. The monoisotopic (exact) mass is 515 g/mol. The summed E-state index contributed by atoms with van der Waals surface area (Å²) in [4.78, 5) is 33.5. The number of hydrogen-bond acceptors (Lipinski definition) is 3. The molecule has 3 aromatic carbocycles.